The van der Waals surface area contributed by atoms with E-state index in [2.05, 4.69) is 5.32 Å². The van der Waals surface area contributed by atoms with Crippen molar-refractivity contribution in [2.24, 2.45) is 0 Å². The van der Waals surface area contributed by atoms with Crippen LogP contribution >= 0.6 is 0 Å². The molecule has 1 unspecified atom stereocenters. The maximum atomic E-state index is 12.2. The second kappa shape index (κ2) is 5.34. The lowest BCUT2D eigenvalue weighted by atomic mass is 10.2. The van der Waals surface area contributed by atoms with E-state index in [0.717, 1.165) is 12.1 Å². The van der Waals surface area contributed by atoms with Gasteiger partial charge in [0, 0.05) is 35.0 Å². The van der Waals surface area contributed by atoms with Crippen molar-refractivity contribution in [2.45, 2.75) is 6.18 Å². The fraction of sp³-hybridized carbons (Fsp3) is 0.400. The van der Waals surface area contributed by atoms with Gasteiger partial charge in [-0.05, 0) is 24.3 Å². The Morgan fingerprint density at radius 3 is 2.25 bits per heavy atom. The number of alkyl halides is 3. The van der Waals surface area contributed by atoms with E-state index in [4.69, 9.17) is 0 Å². The third-order valence-electron chi connectivity index (χ3n) is 1.93. The highest BCUT2D eigenvalue weighted by Gasteiger charge is 2.29. The first-order valence-corrected chi connectivity index (χ1v) is 6.33. The first-order chi connectivity index (χ1) is 7.39. The van der Waals surface area contributed by atoms with E-state index in [0.29, 0.717) is 18.0 Å². The maximum absolute atomic E-state index is 12.2. The summed E-state index contributed by atoms with van der Waals surface area (Å²) in [5, 5.41) is 2.89. The minimum absolute atomic E-state index is 0.473. The van der Waals surface area contributed by atoms with E-state index >= 15 is 0 Å². The van der Waals surface area contributed by atoms with Gasteiger partial charge in [0.05, 0.1) is 5.56 Å². The Morgan fingerprint density at radius 1 is 1.25 bits per heavy atom. The van der Waals surface area contributed by atoms with E-state index in [-0.39, 0.29) is 0 Å². The number of nitrogens with one attached hydrogen (secondary N) is 1. The summed E-state index contributed by atoms with van der Waals surface area (Å²) < 4.78 is 47.4. The van der Waals surface area contributed by atoms with Gasteiger partial charge in [-0.15, -0.1) is 0 Å². The number of halogens is 3. The molecule has 1 N–H and O–H groups in total. The Morgan fingerprint density at radius 2 is 1.81 bits per heavy atom. The molecule has 1 aromatic carbocycles. The van der Waals surface area contributed by atoms with Crippen LogP contribution in [0.2, 0.25) is 0 Å². The van der Waals surface area contributed by atoms with E-state index in [1.54, 1.807) is 6.26 Å². The molecule has 0 aliphatic heterocycles. The minimum atomic E-state index is -4.30. The average Bonchev–Trinajstić information content (AvgIpc) is 2.16. The Balaban J connectivity index is 2.55. The highest BCUT2D eigenvalue weighted by Crippen LogP contribution is 2.29. The van der Waals surface area contributed by atoms with Gasteiger partial charge < -0.3 is 5.32 Å². The predicted octanol–water partition coefficient (Wildman–Crippen LogP) is 2.50. The van der Waals surface area contributed by atoms with Gasteiger partial charge in [0.2, 0.25) is 0 Å². The van der Waals surface area contributed by atoms with Crippen LogP contribution in [-0.2, 0) is 17.0 Å². The van der Waals surface area contributed by atoms with E-state index in [1.807, 2.05) is 0 Å². The number of hydrogen-bond donors (Lipinski definition) is 1. The standard InChI is InChI=1S/C10H12F3NOS/c1-16(15)7-6-14-9-4-2-8(3-5-9)10(11,12)13/h2-5,14H,6-7H2,1H3. The van der Waals surface area contributed by atoms with Crippen LogP contribution in [-0.4, -0.2) is 22.8 Å². The monoisotopic (exact) mass is 251 g/mol. The molecule has 0 radical (unpaired) electrons. The van der Waals surface area contributed by atoms with Gasteiger partial charge in [0.1, 0.15) is 0 Å². The summed E-state index contributed by atoms with van der Waals surface area (Å²) in [6.07, 6.45) is -2.72. The second-order valence-electron chi connectivity index (χ2n) is 3.28. The van der Waals surface area contributed by atoms with Crippen molar-refractivity contribution in [1.82, 2.24) is 0 Å². The van der Waals surface area contributed by atoms with Crippen LogP contribution in [0.1, 0.15) is 5.56 Å². The van der Waals surface area contributed by atoms with Crippen LogP contribution in [0.15, 0.2) is 24.3 Å². The number of benzene rings is 1. The molecule has 1 aromatic rings. The molecule has 0 saturated carbocycles. The Labute approximate surface area is 94.3 Å². The van der Waals surface area contributed by atoms with E-state index in [9.17, 15) is 17.4 Å². The number of anilines is 1. The molecular formula is C10H12F3NOS. The summed E-state index contributed by atoms with van der Waals surface area (Å²) in [4.78, 5) is 0. The lowest BCUT2D eigenvalue weighted by molar-refractivity contribution is -0.137. The topological polar surface area (TPSA) is 29.1 Å². The Hall–Kier alpha value is -1.04. The summed E-state index contributed by atoms with van der Waals surface area (Å²) >= 11 is 0. The van der Waals surface area contributed by atoms with Gasteiger partial charge in [-0.25, -0.2) is 0 Å². The summed E-state index contributed by atoms with van der Waals surface area (Å²) in [5.41, 5.74) is -0.0735. The highest BCUT2D eigenvalue weighted by molar-refractivity contribution is 7.84. The van der Waals surface area contributed by atoms with Crippen LogP contribution in [0, 0.1) is 0 Å². The molecule has 1 atom stereocenters. The van der Waals surface area contributed by atoms with Crippen molar-refractivity contribution < 1.29 is 17.4 Å². The largest absolute Gasteiger partial charge is 0.416 e. The highest BCUT2D eigenvalue weighted by atomic mass is 32.2. The van der Waals surface area contributed by atoms with Crippen LogP contribution in [0.3, 0.4) is 0 Å². The van der Waals surface area contributed by atoms with Crippen molar-refractivity contribution in [1.29, 1.82) is 0 Å². The van der Waals surface area contributed by atoms with Gasteiger partial charge >= 0.3 is 6.18 Å². The van der Waals surface area contributed by atoms with Crippen LogP contribution in [0.25, 0.3) is 0 Å². The molecule has 90 valence electrons. The maximum Gasteiger partial charge on any atom is 0.416 e. The smallest absolute Gasteiger partial charge is 0.384 e. The van der Waals surface area contributed by atoms with E-state index < -0.39 is 22.5 Å². The van der Waals surface area contributed by atoms with Gasteiger partial charge in [0.15, 0.2) is 0 Å². The normalized spacial score (nSPS) is 13.5. The average molecular weight is 251 g/mol. The quantitative estimate of drug-likeness (QED) is 0.890. The zero-order valence-corrected chi connectivity index (χ0v) is 9.49. The third-order valence-corrected chi connectivity index (χ3v) is 2.71. The first kappa shape index (κ1) is 13.0. The second-order valence-corrected chi connectivity index (χ2v) is 4.83. The molecule has 6 heteroatoms. The molecule has 0 amide bonds. The predicted molar refractivity (Wildman–Crippen MR) is 58.9 cm³/mol. The minimum Gasteiger partial charge on any atom is -0.384 e. The molecule has 1 rings (SSSR count). The molecule has 0 fully saturated rings. The van der Waals surface area contributed by atoms with E-state index in [1.165, 1.54) is 12.1 Å². The molecule has 0 aromatic heterocycles. The molecule has 0 spiro atoms. The van der Waals surface area contributed by atoms with Crippen molar-refractivity contribution in [3.63, 3.8) is 0 Å². The molecule has 0 bridgehead atoms. The lowest BCUT2D eigenvalue weighted by Gasteiger charge is -2.08. The van der Waals surface area contributed by atoms with Gasteiger partial charge in [-0.3, -0.25) is 4.21 Å². The van der Waals surface area contributed by atoms with Crippen molar-refractivity contribution >= 4 is 16.5 Å². The molecule has 16 heavy (non-hydrogen) atoms. The van der Waals surface area contributed by atoms with Crippen molar-refractivity contribution in [3.05, 3.63) is 29.8 Å². The molecule has 0 aliphatic carbocycles. The number of hydrogen-bond acceptors (Lipinski definition) is 2. The lowest BCUT2D eigenvalue weighted by Crippen LogP contribution is -2.10. The summed E-state index contributed by atoms with van der Waals surface area (Å²) in [6.45, 7) is 0.481. The SMILES string of the molecule is CS(=O)CCNc1ccc(C(F)(F)F)cc1. The van der Waals surface area contributed by atoms with Gasteiger partial charge in [0.25, 0.3) is 0 Å². The Kier molecular flexibility index (Phi) is 4.35. The van der Waals surface area contributed by atoms with Crippen LogP contribution < -0.4 is 5.32 Å². The van der Waals surface area contributed by atoms with Gasteiger partial charge in [-0.2, -0.15) is 13.2 Å². The fourth-order valence-electron chi connectivity index (χ4n) is 1.12. The zero-order chi connectivity index (χ0) is 12.2. The first-order valence-electron chi connectivity index (χ1n) is 4.61. The summed E-state index contributed by atoms with van der Waals surface area (Å²) in [5.74, 6) is 0.473. The molecule has 0 aliphatic rings. The zero-order valence-electron chi connectivity index (χ0n) is 8.67. The number of rotatable bonds is 4. The van der Waals surface area contributed by atoms with Crippen LogP contribution in [0.4, 0.5) is 18.9 Å². The molecule has 0 saturated heterocycles. The van der Waals surface area contributed by atoms with Crippen molar-refractivity contribution in [3.8, 4) is 0 Å². The third kappa shape index (κ3) is 4.22. The van der Waals surface area contributed by atoms with Crippen LogP contribution in [0.5, 0.6) is 0 Å². The summed E-state index contributed by atoms with van der Waals surface area (Å²) in [7, 11) is -0.900. The Bertz CT molecular complexity index is 361. The van der Waals surface area contributed by atoms with Gasteiger partial charge in [-0.1, -0.05) is 0 Å². The summed E-state index contributed by atoms with van der Waals surface area (Å²) in [6, 6.07) is 4.76. The molecule has 2 nitrogen and oxygen atoms in total. The van der Waals surface area contributed by atoms with Crippen molar-refractivity contribution in [2.75, 3.05) is 23.9 Å². The fourth-order valence-corrected chi connectivity index (χ4v) is 1.51. The molecule has 0 heterocycles. The molecular weight excluding hydrogens is 239 g/mol.